The van der Waals surface area contributed by atoms with Crippen molar-refractivity contribution in [3.63, 3.8) is 0 Å². The maximum Gasteiger partial charge on any atom is 0.363 e. The summed E-state index contributed by atoms with van der Waals surface area (Å²) in [6, 6.07) is 1.95. The molecule has 0 amide bonds. The highest BCUT2D eigenvalue weighted by Gasteiger charge is 2.19. The number of hydrogen-bond donors (Lipinski definition) is 2. The number of carboxylic acid groups (broad SMARTS) is 1. The quantitative estimate of drug-likeness (QED) is 0.592. The predicted molar refractivity (Wildman–Crippen MR) is 65.4 cm³/mol. The molecule has 0 radical (unpaired) electrons. The summed E-state index contributed by atoms with van der Waals surface area (Å²) in [7, 11) is 0. The van der Waals surface area contributed by atoms with Crippen molar-refractivity contribution in [3.8, 4) is 0 Å². The van der Waals surface area contributed by atoms with E-state index in [-0.39, 0.29) is 11.7 Å². The van der Waals surface area contributed by atoms with Crippen LogP contribution in [-0.2, 0) is 4.79 Å². The van der Waals surface area contributed by atoms with E-state index in [1.807, 2.05) is 13.8 Å². The van der Waals surface area contributed by atoms with Gasteiger partial charge in [-0.2, -0.15) is 0 Å². The highest BCUT2D eigenvalue weighted by Crippen LogP contribution is 2.15. The molecule has 1 rings (SSSR count). The Labute approximate surface area is 104 Å². The van der Waals surface area contributed by atoms with Crippen molar-refractivity contribution in [2.24, 2.45) is 5.92 Å². The monoisotopic (exact) mass is 253 g/mol. The molecular formula is C11H15N3O4. The van der Waals surface area contributed by atoms with Gasteiger partial charge in [0.2, 0.25) is 0 Å². The molecule has 0 aliphatic heterocycles. The van der Waals surface area contributed by atoms with E-state index >= 15 is 0 Å². The summed E-state index contributed by atoms with van der Waals surface area (Å²) < 4.78 is 0. The zero-order valence-corrected chi connectivity index (χ0v) is 10.2. The molecule has 1 heterocycles. The number of aliphatic carboxylic acids is 1. The summed E-state index contributed by atoms with van der Waals surface area (Å²) in [5.74, 6) is -0.997. The SMILES string of the molecule is CC(C)CC(Nc1ccc([N+](=O)[O-])nc1)C(=O)O. The third kappa shape index (κ3) is 4.00. The molecular weight excluding hydrogens is 238 g/mol. The summed E-state index contributed by atoms with van der Waals surface area (Å²) in [5.41, 5.74) is 0.452. The molecule has 1 atom stereocenters. The van der Waals surface area contributed by atoms with Crippen LogP contribution in [0.5, 0.6) is 0 Å². The molecule has 0 saturated heterocycles. The number of rotatable bonds is 6. The van der Waals surface area contributed by atoms with E-state index < -0.39 is 16.9 Å². The average molecular weight is 253 g/mol. The van der Waals surface area contributed by atoms with E-state index in [1.54, 1.807) is 0 Å². The molecule has 0 aromatic carbocycles. The molecule has 0 aliphatic rings. The first-order valence-corrected chi connectivity index (χ1v) is 5.50. The fourth-order valence-corrected chi connectivity index (χ4v) is 1.47. The van der Waals surface area contributed by atoms with Gasteiger partial charge in [-0.15, -0.1) is 0 Å². The minimum atomic E-state index is -0.956. The van der Waals surface area contributed by atoms with Crippen LogP contribution < -0.4 is 5.32 Å². The van der Waals surface area contributed by atoms with Crippen LogP contribution >= 0.6 is 0 Å². The number of anilines is 1. The predicted octanol–water partition coefficient (Wildman–Crippen LogP) is 1.90. The van der Waals surface area contributed by atoms with E-state index in [0.717, 1.165) is 0 Å². The largest absolute Gasteiger partial charge is 0.480 e. The molecule has 0 bridgehead atoms. The molecule has 2 N–H and O–H groups in total. The molecule has 0 saturated carbocycles. The van der Waals surface area contributed by atoms with Crippen LogP contribution in [0.1, 0.15) is 20.3 Å². The Morgan fingerprint density at radius 3 is 2.61 bits per heavy atom. The van der Waals surface area contributed by atoms with Gasteiger partial charge in [-0.1, -0.05) is 13.8 Å². The van der Waals surface area contributed by atoms with Gasteiger partial charge < -0.3 is 20.5 Å². The van der Waals surface area contributed by atoms with E-state index in [4.69, 9.17) is 5.11 Å². The second-order valence-electron chi connectivity index (χ2n) is 4.33. The Hall–Kier alpha value is -2.18. The van der Waals surface area contributed by atoms with E-state index in [0.29, 0.717) is 12.1 Å². The number of nitrogens with zero attached hydrogens (tertiary/aromatic N) is 2. The summed E-state index contributed by atoms with van der Waals surface area (Å²) >= 11 is 0. The van der Waals surface area contributed by atoms with Crippen molar-refractivity contribution in [1.82, 2.24) is 4.98 Å². The Bertz CT molecular complexity index is 430. The van der Waals surface area contributed by atoms with Crippen molar-refractivity contribution in [2.75, 3.05) is 5.32 Å². The average Bonchev–Trinajstić information content (AvgIpc) is 2.28. The van der Waals surface area contributed by atoms with Crippen LogP contribution in [0.25, 0.3) is 0 Å². The van der Waals surface area contributed by atoms with Crippen LogP contribution in [0.15, 0.2) is 18.3 Å². The minimum absolute atomic E-state index is 0.226. The Morgan fingerprint density at radius 1 is 1.56 bits per heavy atom. The van der Waals surface area contributed by atoms with Crippen LogP contribution in [0.4, 0.5) is 11.5 Å². The summed E-state index contributed by atoms with van der Waals surface area (Å²) in [6.07, 6.45) is 1.72. The second kappa shape index (κ2) is 5.95. The number of carbonyl (C=O) groups is 1. The van der Waals surface area contributed by atoms with Crippen molar-refractivity contribution in [2.45, 2.75) is 26.3 Å². The van der Waals surface area contributed by atoms with Gasteiger partial charge in [0.05, 0.1) is 5.69 Å². The van der Waals surface area contributed by atoms with Crippen LogP contribution in [0.3, 0.4) is 0 Å². The van der Waals surface area contributed by atoms with Crippen LogP contribution in [-0.4, -0.2) is 27.0 Å². The highest BCUT2D eigenvalue weighted by molar-refractivity contribution is 5.77. The first kappa shape index (κ1) is 13.9. The molecule has 0 fully saturated rings. The van der Waals surface area contributed by atoms with Gasteiger partial charge in [-0.05, 0) is 28.3 Å². The molecule has 18 heavy (non-hydrogen) atoms. The second-order valence-corrected chi connectivity index (χ2v) is 4.33. The molecule has 7 nitrogen and oxygen atoms in total. The lowest BCUT2D eigenvalue weighted by Gasteiger charge is -2.16. The van der Waals surface area contributed by atoms with Gasteiger partial charge in [0.25, 0.3) is 0 Å². The Kier molecular flexibility index (Phi) is 4.59. The molecule has 1 aromatic rings. The number of hydrogen-bond acceptors (Lipinski definition) is 5. The number of aromatic nitrogens is 1. The number of carboxylic acids is 1. The van der Waals surface area contributed by atoms with Gasteiger partial charge in [0, 0.05) is 6.07 Å². The van der Waals surface area contributed by atoms with E-state index in [1.165, 1.54) is 18.3 Å². The van der Waals surface area contributed by atoms with Crippen molar-refractivity contribution in [3.05, 3.63) is 28.4 Å². The molecule has 0 aliphatic carbocycles. The van der Waals surface area contributed by atoms with Crippen molar-refractivity contribution < 1.29 is 14.8 Å². The highest BCUT2D eigenvalue weighted by atomic mass is 16.6. The molecule has 1 aromatic heterocycles. The molecule has 7 heteroatoms. The zero-order valence-electron chi connectivity index (χ0n) is 10.2. The van der Waals surface area contributed by atoms with Crippen molar-refractivity contribution in [1.29, 1.82) is 0 Å². The smallest absolute Gasteiger partial charge is 0.363 e. The molecule has 0 spiro atoms. The van der Waals surface area contributed by atoms with Crippen LogP contribution in [0, 0.1) is 16.0 Å². The van der Waals surface area contributed by atoms with E-state index in [9.17, 15) is 14.9 Å². The third-order valence-electron chi connectivity index (χ3n) is 2.28. The fourth-order valence-electron chi connectivity index (χ4n) is 1.47. The summed E-state index contributed by atoms with van der Waals surface area (Å²) in [6.45, 7) is 3.84. The van der Waals surface area contributed by atoms with Gasteiger partial charge in [-0.3, -0.25) is 0 Å². The normalized spacial score (nSPS) is 12.2. The Balaban J connectivity index is 2.75. The summed E-state index contributed by atoms with van der Waals surface area (Å²) in [4.78, 5) is 24.5. The summed E-state index contributed by atoms with van der Waals surface area (Å²) in [5, 5.41) is 22.2. The maximum absolute atomic E-state index is 11.0. The third-order valence-corrected chi connectivity index (χ3v) is 2.28. The zero-order chi connectivity index (χ0) is 13.7. The number of pyridine rings is 1. The van der Waals surface area contributed by atoms with Crippen LogP contribution in [0.2, 0.25) is 0 Å². The van der Waals surface area contributed by atoms with Crippen molar-refractivity contribution >= 4 is 17.5 Å². The Morgan fingerprint density at radius 2 is 2.22 bits per heavy atom. The van der Waals surface area contributed by atoms with Gasteiger partial charge in [-0.25, -0.2) is 4.79 Å². The number of nitrogens with one attached hydrogen (secondary N) is 1. The topological polar surface area (TPSA) is 105 Å². The first-order valence-electron chi connectivity index (χ1n) is 5.50. The van der Waals surface area contributed by atoms with Gasteiger partial charge in [0.1, 0.15) is 6.04 Å². The molecule has 98 valence electrons. The van der Waals surface area contributed by atoms with Gasteiger partial charge in [0.15, 0.2) is 6.20 Å². The fraction of sp³-hybridized carbons (Fsp3) is 0.455. The first-order chi connectivity index (χ1) is 8.40. The van der Waals surface area contributed by atoms with Gasteiger partial charge >= 0.3 is 11.8 Å². The maximum atomic E-state index is 11.0. The lowest BCUT2D eigenvalue weighted by molar-refractivity contribution is -0.389. The minimum Gasteiger partial charge on any atom is -0.480 e. The molecule has 1 unspecified atom stereocenters. The number of nitro groups is 1. The van der Waals surface area contributed by atoms with E-state index in [2.05, 4.69) is 10.3 Å². The lowest BCUT2D eigenvalue weighted by Crippen LogP contribution is -2.30. The lowest BCUT2D eigenvalue weighted by atomic mass is 10.0. The standard InChI is InChI=1S/C11H15N3O4/c1-7(2)5-9(11(15)16)13-8-3-4-10(12-6-8)14(17)18/h3-4,6-7,9,13H,5H2,1-2H3,(H,15,16).